The molecule has 0 fully saturated rings. The fourth-order valence-corrected chi connectivity index (χ4v) is 4.02. The minimum atomic E-state index is -2.46. The number of nitrogens with one attached hydrogen (secondary N) is 1. The number of carbonyl (C=O) groups excluding carboxylic acids is 3. The SMILES string of the molecule is NC(=O)CC(NC(=O)OCC1c2ccccc2-c2ccccc21)C(=O)Oc1c(F)c(F)c(F)c(F)c1F. The highest BCUT2D eigenvalue weighted by Gasteiger charge is 2.33. The van der Waals surface area contributed by atoms with Crippen molar-refractivity contribution in [3.63, 3.8) is 0 Å². The topological polar surface area (TPSA) is 108 Å². The van der Waals surface area contributed by atoms with E-state index in [2.05, 4.69) is 4.74 Å². The zero-order chi connectivity index (χ0) is 26.9. The van der Waals surface area contributed by atoms with E-state index < -0.39 is 65.3 Å². The summed E-state index contributed by atoms with van der Waals surface area (Å²) in [5.74, 6) is -17.1. The molecule has 0 radical (unpaired) electrons. The number of carbonyl (C=O) groups is 3. The molecule has 7 nitrogen and oxygen atoms in total. The first-order valence-electron chi connectivity index (χ1n) is 10.7. The van der Waals surface area contributed by atoms with E-state index >= 15 is 0 Å². The summed E-state index contributed by atoms with van der Waals surface area (Å²) in [6.45, 7) is -0.185. The average molecular weight is 520 g/mol. The standard InChI is InChI=1S/C25H17F5N2O5/c26-18-19(27)21(29)23(22(30)20(18)28)37-24(34)16(9-17(31)33)32-25(35)36-10-15-13-7-3-1-5-11(13)12-6-2-4-8-14(12)15/h1-8,15-16H,9-10H2,(H2,31,33)(H,32,35). The number of fused-ring (bicyclic) bond motifs is 3. The van der Waals surface area contributed by atoms with Crippen LogP contribution in [0.1, 0.15) is 23.5 Å². The first kappa shape index (κ1) is 25.6. The summed E-state index contributed by atoms with van der Waals surface area (Å²) >= 11 is 0. The Bertz CT molecular complexity index is 1340. The third-order valence-electron chi connectivity index (χ3n) is 5.70. The van der Waals surface area contributed by atoms with Crippen LogP contribution in [-0.2, 0) is 14.3 Å². The zero-order valence-electron chi connectivity index (χ0n) is 18.7. The van der Waals surface area contributed by atoms with Crippen LogP contribution in [0.4, 0.5) is 26.7 Å². The van der Waals surface area contributed by atoms with E-state index in [4.69, 9.17) is 10.5 Å². The second-order valence-corrected chi connectivity index (χ2v) is 8.01. The van der Waals surface area contributed by atoms with Crippen molar-refractivity contribution >= 4 is 18.0 Å². The van der Waals surface area contributed by atoms with Crippen molar-refractivity contribution in [2.45, 2.75) is 18.4 Å². The lowest BCUT2D eigenvalue weighted by Crippen LogP contribution is -2.46. The molecule has 192 valence electrons. The van der Waals surface area contributed by atoms with Crippen LogP contribution in [0.5, 0.6) is 5.75 Å². The number of amides is 2. The molecule has 2 amide bonds. The maximum absolute atomic E-state index is 13.9. The first-order chi connectivity index (χ1) is 17.6. The second-order valence-electron chi connectivity index (χ2n) is 8.01. The van der Waals surface area contributed by atoms with Crippen LogP contribution in [0.15, 0.2) is 48.5 Å². The van der Waals surface area contributed by atoms with Gasteiger partial charge in [-0.15, -0.1) is 0 Å². The van der Waals surface area contributed by atoms with Gasteiger partial charge in [0.1, 0.15) is 12.6 Å². The molecule has 3 aromatic carbocycles. The fraction of sp³-hybridized carbons (Fsp3) is 0.160. The van der Waals surface area contributed by atoms with E-state index in [-0.39, 0.29) is 12.5 Å². The lowest BCUT2D eigenvalue weighted by Gasteiger charge is -2.18. The van der Waals surface area contributed by atoms with Crippen LogP contribution in [0.25, 0.3) is 11.1 Å². The number of benzene rings is 3. The van der Waals surface area contributed by atoms with Gasteiger partial charge in [0.25, 0.3) is 0 Å². The van der Waals surface area contributed by atoms with E-state index in [1.807, 2.05) is 53.8 Å². The molecule has 1 aliphatic rings. The lowest BCUT2D eigenvalue weighted by atomic mass is 9.98. The molecule has 3 N–H and O–H groups in total. The van der Waals surface area contributed by atoms with Crippen molar-refractivity contribution in [1.82, 2.24) is 5.32 Å². The number of nitrogens with two attached hydrogens (primary N) is 1. The van der Waals surface area contributed by atoms with Crippen molar-refractivity contribution in [3.05, 3.63) is 88.7 Å². The van der Waals surface area contributed by atoms with E-state index in [9.17, 15) is 36.3 Å². The summed E-state index contributed by atoms with van der Waals surface area (Å²) in [5, 5.41) is 1.98. The highest BCUT2D eigenvalue weighted by atomic mass is 19.2. The number of halogens is 5. The van der Waals surface area contributed by atoms with Gasteiger partial charge < -0.3 is 20.5 Å². The van der Waals surface area contributed by atoms with Crippen molar-refractivity contribution in [3.8, 4) is 16.9 Å². The molecule has 0 saturated carbocycles. The maximum Gasteiger partial charge on any atom is 0.407 e. The van der Waals surface area contributed by atoms with Gasteiger partial charge in [-0.25, -0.2) is 22.8 Å². The van der Waals surface area contributed by atoms with E-state index in [0.717, 1.165) is 22.3 Å². The number of hydrogen-bond donors (Lipinski definition) is 2. The lowest BCUT2D eigenvalue weighted by molar-refractivity contribution is -0.139. The average Bonchev–Trinajstić information content (AvgIpc) is 3.20. The zero-order valence-corrected chi connectivity index (χ0v) is 18.7. The number of esters is 1. The van der Waals surface area contributed by atoms with Crippen molar-refractivity contribution in [2.75, 3.05) is 6.61 Å². The predicted octanol–water partition coefficient (Wildman–Crippen LogP) is 4.07. The Labute approximate surface area is 206 Å². The second kappa shape index (κ2) is 10.2. The number of rotatable bonds is 7. The Morgan fingerprint density at radius 2 is 1.30 bits per heavy atom. The van der Waals surface area contributed by atoms with Gasteiger partial charge in [-0.05, 0) is 22.3 Å². The summed E-state index contributed by atoms with van der Waals surface area (Å²) in [6, 6.07) is 12.9. The predicted molar refractivity (Wildman–Crippen MR) is 118 cm³/mol. The van der Waals surface area contributed by atoms with Gasteiger partial charge in [0.15, 0.2) is 0 Å². The molecule has 1 aliphatic carbocycles. The Hall–Kier alpha value is -4.48. The quantitative estimate of drug-likeness (QED) is 0.161. The smallest absolute Gasteiger partial charge is 0.407 e. The molecule has 37 heavy (non-hydrogen) atoms. The first-order valence-corrected chi connectivity index (χ1v) is 10.7. The monoisotopic (exact) mass is 520 g/mol. The molecule has 1 unspecified atom stereocenters. The normalized spacial score (nSPS) is 12.9. The largest absolute Gasteiger partial charge is 0.449 e. The van der Waals surface area contributed by atoms with Crippen LogP contribution >= 0.6 is 0 Å². The van der Waals surface area contributed by atoms with Crippen molar-refractivity contribution in [2.24, 2.45) is 5.73 Å². The summed E-state index contributed by atoms with van der Waals surface area (Å²) in [6.07, 6.45) is -2.14. The summed E-state index contributed by atoms with van der Waals surface area (Å²) in [4.78, 5) is 36.2. The van der Waals surface area contributed by atoms with Gasteiger partial charge in [0, 0.05) is 5.92 Å². The van der Waals surface area contributed by atoms with Crippen LogP contribution in [-0.4, -0.2) is 30.6 Å². The molecular formula is C25H17F5N2O5. The number of primary amides is 1. The van der Waals surface area contributed by atoms with E-state index in [1.54, 1.807) is 0 Å². The van der Waals surface area contributed by atoms with Crippen LogP contribution in [0, 0.1) is 29.1 Å². The molecule has 0 aliphatic heterocycles. The van der Waals surface area contributed by atoms with Gasteiger partial charge in [0.2, 0.25) is 40.7 Å². The minimum Gasteiger partial charge on any atom is -0.449 e. The Balaban J connectivity index is 1.48. The molecule has 0 heterocycles. The molecule has 0 saturated heterocycles. The Kier molecular flexibility index (Phi) is 7.09. The molecule has 4 rings (SSSR count). The molecule has 0 bridgehead atoms. The van der Waals surface area contributed by atoms with Crippen LogP contribution < -0.4 is 15.8 Å². The molecule has 1 atom stereocenters. The number of hydrogen-bond acceptors (Lipinski definition) is 5. The molecule has 3 aromatic rings. The van der Waals surface area contributed by atoms with Gasteiger partial charge in [-0.3, -0.25) is 4.79 Å². The summed E-state index contributed by atoms with van der Waals surface area (Å²) in [7, 11) is 0. The minimum absolute atomic E-state index is 0.185. The molecule has 0 aromatic heterocycles. The third-order valence-corrected chi connectivity index (χ3v) is 5.70. The number of ether oxygens (including phenoxy) is 2. The highest BCUT2D eigenvalue weighted by Crippen LogP contribution is 2.44. The Morgan fingerprint density at radius 1 is 0.811 bits per heavy atom. The van der Waals surface area contributed by atoms with Crippen molar-refractivity contribution in [1.29, 1.82) is 0 Å². The van der Waals surface area contributed by atoms with Crippen molar-refractivity contribution < 1.29 is 45.8 Å². The van der Waals surface area contributed by atoms with Gasteiger partial charge >= 0.3 is 12.1 Å². The van der Waals surface area contributed by atoms with E-state index in [0.29, 0.717) is 0 Å². The van der Waals surface area contributed by atoms with Gasteiger partial charge in [-0.1, -0.05) is 48.5 Å². The van der Waals surface area contributed by atoms with Gasteiger partial charge in [0.05, 0.1) is 6.42 Å². The van der Waals surface area contributed by atoms with Crippen LogP contribution in [0.3, 0.4) is 0 Å². The number of alkyl carbamates (subject to hydrolysis) is 1. The van der Waals surface area contributed by atoms with Crippen LogP contribution in [0.2, 0.25) is 0 Å². The van der Waals surface area contributed by atoms with Gasteiger partial charge in [-0.2, -0.15) is 8.78 Å². The molecular weight excluding hydrogens is 503 g/mol. The molecule has 12 heteroatoms. The summed E-state index contributed by atoms with van der Waals surface area (Å²) in [5.41, 5.74) is 8.72. The fourth-order valence-electron chi connectivity index (χ4n) is 4.02. The maximum atomic E-state index is 13.9. The molecule has 0 spiro atoms. The summed E-state index contributed by atoms with van der Waals surface area (Å²) < 4.78 is 77.4. The Morgan fingerprint density at radius 3 is 1.81 bits per heavy atom. The third kappa shape index (κ3) is 4.95. The van der Waals surface area contributed by atoms with E-state index in [1.165, 1.54) is 0 Å². The highest BCUT2D eigenvalue weighted by molar-refractivity contribution is 5.88.